The predicted molar refractivity (Wildman–Crippen MR) is 130 cm³/mol. The van der Waals surface area contributed by atoms with Gasteiger partial charge >= 0.3 is 0 Å². The van der Waals surface area contributed by atoms with Crippen molar-refractivity contribution in [2.45, 2.75) is 25.5 Å². The Bertz CT molecular complexity index is 1140. The maximum absolute atomic E-state index is 12.3. The number of halogens is 2. The summed E-state index contributed by atoms with van der Waals surface area (Å²) in [6.07, 6.45) is -0.0596. The lowest BCUT2D eigenvalue weighted by molar-refractivity contribution is -0.122. The average molecular weight is 492 g/mol. The van der Waals surface area contributed by atoms with Crippen LogP contribution in [0.2, 0.25) is 10.0 Å². The Balaban J connectivity index is 1.62. The third-order valence-electron chi connectivity index (χ3n) is 4.24. The highest BCUT2D eigenvalue weighted by Gasteiger charge is 2.32. The van der Waals surface area contributed by atoms with E-state index in [1.54, 1.807) is 37.3 Å². The molecule has 0 aliphatic carbocycles. The Hall–Kier alpha value is -2.88. The van der Waals surface area contributed by atoms with E-state index in [-0.39, 0.29) is 24.1 Å². The minimum atomic E-state index is -0.640. The van der Waals surface area contributed by atoms with E-state index in [0.29, 0.717) is 32.3 Å². The summed E-state index contributed by atoms with van der Waals surface area (Å²) in [6.45, 7) is 3.19. The van der Waals surface area contributed by atoms with Gasteiger partial charge in [-0.15, -0.1) is 5.10 Å². The summed E-state index contributed by atoms with van der Waals surface area (Å²) in [5.41, 5.74) is 2.43. The van der Waals surface area contributed by atoms with Crippen molar-refractivity contribution in [2.75, 3.05) is 10.6 Å². The summed E-state index contributed by atoms with van der Waals surface area (Å²) < 4.78 is 0. The quantitative estimate of drug-likeness (QED) is 0.413. The van der Waals surface area contributed by atoms with E-state index in [9.17, 15) is 14.4 Å². The van der Waals surface area contributed by atoms with Crippen LogP contribution in [0.4, 0.5) is 11.4 Å². The SMILES string of the molecule is CC(=O)Nc1cccc(/C(C)=N\N=C2/NC(=O)[C@@H](CC(=O)Nc3ccc(Cl)cc3Cl)S2)c1. The summed E-state index contributed by atoms with van der Waals surface area (Å²) >= 11 is 13.0. The summed E-state index contributed by atoms with van der Waals surface area (Å²) in [4.78, 5) is 35.8. The zero-order valence-corrected chi connectivity index (χ0v) is 19.4. The monoisotopic (exact) mass is 491 g/mol. The number of amides is 3. The number of thioether (sulfide) groups is 1. The molecule has 2 aromatic carbocycles. The lowest BCUT2D eigenvalue weighted by Crippen LogP contribution is -2.28. The molecule has 0 spiro atoms. The summed E-state index contributed by atoms with van der Waals surface area (Å²) in [5, 5.41) is 16.7. The van der Waals surface area contributed by atoms with Crippen LogP contribution in [0.3, 0.4) is 0 Å². The van der Waals surface area contributed by atoms with Gasteiger partial charge in [0.2, 0.25) is 17.7 Å². The molecule has 11 heteroatoms. The van der Waals surface area contributed by atoms with Crippen molar-refractivity contribution in [3.8, 4) is 0 Å². The highest BCUT2D eigenvalue weighted by molar-refractivity contribution is 8.15. The Morgan fingerprint density at radius 1 is 1.12 bits per heavy atom. The molecule has 3 N–H and O–H groups in total. The van der Waals surface area contributed by atoms with Crippen LogP contribution in [0.1, 0.15) is 25.8 Å². The number of nitrogens with zero attached hydrogens (tertiary/aromatic N) is 2. The van der Waals surface area contributed by atoms with Crippen LogP contribution in [0, 0.1) is 0 Å². The van der Waals surface area contributed by atoms with Crippen molar-refractivity contribution in [3.63, 3.8) is 0 Å². The Kier molecular flexibility index (Phi) is 7.89. The molecule has 1 aliphatic rings. The van der Waals surface area contributed by atoms with Crippen molar-refractivity contribution >= 4 is 74.9 Å². The maximum atomic E-state index is 12.3. The van der Waals surface area contributed by atoms with E-state index < -0.39 is 5.25 Å². The molecule has 3 amide bonds. The van der Waals surface area contributed by atoms with Crippen molar-refractivity contribution in [1.82, 2.24) is 5.32 Å². The molecule has 1 aliphatic heterocycles. The van der Waals surface area contributed by atoms with Gasteiger partial charge in [0.15, 0.2) is 5.17 Å². The molecule has 0 bridgehead atoms. The number of carbonyl (C=O) groups is 3. The topological polar surface area (TPSA) is 112 Å². The molecule has 1 saturated heterocycles. The minimum Gasteiger partial charge on any atom is -0.326 e. The zero-order chi connectivity index (χ0) is 23.3. The van der Waals surface area contributed by atoms with Crippen LogP contribution in [0.5, 0.6) is 0 Å². The fourth-order valence-electron chi connectivity index (χ4n) is 2.75. The molecule has 1 fully saturated rings. The molecule has 3 rings (SSSR count). The molecule has 166 valence electrons. The molecule has 0 saturated carbocycles. The number of carbonyl (C=O) groups excluding carboxylic acids is 3. The molecule has 0 radical (unpaired) electrons. The fourth-order valence-corrected chi connectivity index (χ4v) is 4.12. The second kappa shape index (κ2) is 10.6. The van der Waals surface area contributed by atoms with Gasteiger partial charge in [0.25, 0.3) is 0 Å². The Morgan fingerprint density at radius 2 is 1.91 bits per heavy atom. The molecule has 8 nitrogen and oxygen atoms in total. The third kappa shape index (κ3) is 6.56. The van der Waals surface area contributed by atoms with Gasteiger partial charge in [0.1, 0.15) is 5.25 Å². The van der Waals surface area contributed by atoms with Crippen LogP contribution >= 0.6 is 35.0 Å². The number of benzene rings is 2. The Labute approximate surface area is 198 Å². The number of nitrogens with one attached hydrogen (secondary N) is 3. The predicted octanol–water partition coefficient (Wildman–Crippen LogP) is 4.29. The van der Waals surface area contributed by atoms with Gasteiger partial charge in [-0.2, -0.15) is 5.10 Å². The fraction of sp³-hybridized carbons (Fsp3) is 0.190. The van der Waals surface area contributed by atoms with Gasteiger partial charge in [-0.05, 0) is 42.8 Å². The van der Waals surface area contributed by atoms with Crippen LogP contribution < -0.4 is 16.0 Å². The van der Waals surface area contributed by atoms with E-state index in [4.69, 9.17) is 23.2 Å². The normalized spacial score (nSPS) is 17.2. The van der Waals surface area contributed by atoms with Gasteiger partial charge in [0.05, 0.1) is 16.4 Å². The van der Waals surface area contributed by atoms with Crippen molar-refractivity contribution in [3.05, 3.63) is 58.1 Å². The maximum Gasteiger partial charge on any atom is 0.240 e. The first kappa shape index (κ1) is 23.8. The van der Waals surface area contributed by atoms with Gasteiger partial charge in [0, 0.05) is 24.1 Å². The summed E-state index contributed by atoms with van der Waals surface area (Å²) in [7, 11) is 0. The lowest BCUT2D eigenvalue weighted by Gasteiger charge is -2.09. The molecule has 0 unspecified atom stereocenters. The van der Waals surface area contributed by atoms with Crippen LogP contribution in [0.25, 0.3) is 0 Å². The van der Waals surface area contributed by atoms with E-state index in [1.165, 1.54) is 13.0 Å². The van der Waals surface area contributed by atoms with Crippen molar-refractivity contribution in [1.29, 1.82) is 0 Å². The second-order valence-corrected chi connectivity index (χ2v) is 8.86. The molecule has 2 aromatic rings. The number of rotatable bonds is 6. The Morgan fingerprint density at radius 3 is 2.62 bits per heavy atom. The van der Waals surface area contributed by atoms with E-state index >= 15 is 0 Å². The van der Waals surface area contributed by atoms with E-state index in [1.807, 2.05) is 6.07 Å². The van der Waals surface area contributed by atoms with Gasteiger partial charge in [-0.3, -0.25) is 14.4 Å². The molecular formula is C21H19Cl2N5O3S. The molecule has 1 heterocycles. The molecule has 1 atom stereocenters. The van der Waals surface area contributed by atoms with Gasteiger partial charge < -0.3 is 16.0 Å². The van der Waals surface area contributed by atoms with Crippen LogP contribution in [-0.4, -0.2) is 33.9 Å². The first-order valence-electron chi connectivity index (χ1n) is 9.44. The van der Waals surface area contributed by atoms with E-state index in [0.717, 1.165) is 17.3 Å². The van der Waals surface area contributed by atoms with Gasteiger partial charge in [-0.25, -0.2) is 0 Å². The number of amidine groups is 1. The largest absolute Gasteiger partial charge is 0.326 e. The molecular weight excluding hydrogens is 473 g/mol. The van der Waals surface area contributed by atoms with Crippen LogP contribution in [0.15, 0.2) is 52.7 Å². The van der Waals surface area contributed by atoms with E-state index in [2.05, 4.69) is 26.2 Å². The smallest absolute Gasteiger partial charge is 0.240 e. The summed E-state index contributed by atoms with van der Waals surface area (Å²) in [5.74, 6) is -0.861. The van der Waals surface area contributed by atoms with Crippen molar-refractivity contribution < 1.29 is 14.4 Å². The second-order valence-electron chi connectivity index (χ2n) is 6.82. The number of anilines is 2. The standard InChI is InChI=1S/C21H19Cl2N5O3S/c1-11(13-4-3-5-15(8-13)24-12(2)29)27-28-21-26-20(31)18(32-21)10-19(30)25-17-7-6-14(22)9-16(17)23/h3-9,18H,10H2,1-2H3,(H,24,29)(H,25,30)(H,26,28,31)/b27-11-/t18-/m1/s1. The number of hydrogen-bond donors (Lipinski definition) is 3. The average Bonchev–Trinajstić information content (AvgIpc) is 3.07. The minimum absolute atomic E-state index is 0.0596. The highest BCUT2D eigenvalue weighted by Crippen LogP contribution is 2.27. The first-order valence-corrected chi connectivity index (χ1v) is 11.1. The lowest BCUT2D eigenvalue weighted by atomic mass is 10.1. The highest BCUT2D eigenvalue weighted by atomic mass is 35.5. The van der Waals surface area contributed by atoms with Crippen LogP contribution in [-0.2, 0) is 14.4 Å². The third-order valence-corrected chi connectivity index (χ3v) is 5.86. The molecule has 0 aromatic heterocycles. The van der Waals surface area contributed by atoms with Crippen molar-refractivity contribution in [2.24, 2.45) is 10.2 Å². The zero-order valence-electron chi connectivity index (χ0n) is 17.1. The summed E-state index contributed by atoms with van der Waals surface area (Å²) in [6, 6.07) is 11.9. The van der Waals surface area contributed by atoms with Gasteiger partial charge in [-0.1, -0.05) is 47.1 Å². The number of hydrogen-bond acceptors (Lipinski definition) is 6. The first-order chi connectivity index (χ1) is 15.2. The molecule has 32 heavy (non-hydrogen) atoms.